The summed E-state index contributed by atoms with van der Waals surface area (Å²) in [5, 5.41) is 32.6. The van der Waals surface area contributed by atoms with E-state index in [0.29, 0.717) is 19.6 Å². The summed E-state index contributed by atoms with van der Waals surface area (Å²) in [6.45, 7) is 6.01. The summed E-state index contributed by atoms with van der Waals surface area (Å²) >= 11 is 0. The van der Waals surface area contributed by atoms with Crippen LogP contribution in [0.5, 0.6) is 0 Å². The summed E-state index contributed by atoms with van der Waals surface area (Å²) in [5.41, 5.74) is 0.892. The first kappa shape index (κ1) is 41.1. The molecule has 0 radical (unpaired) electrons. The summed E-state index contributed by atoms with van der Waals surface area (Å²) in [7, 11) is 0. The lowest BCUT2D eigenvalue weighted by Crippen LogP contribution is -2.40. The van der Waals surface area contributed by atoms with Crippen molar-refractivity contribution in [3.05, 3.63) is 35.9 Å². The summed E-state index contributed by atoms with van der Waals surface area (Å²) in [6.07, 6.45) is 31.8. The monoisotopic (exact) mass is 618 g/mol. The molecular formula is C40H75NO3. The quantitative estimate of drug-likeness (QED) is 0.0687. The molecule has 0 aliphatic rings. The molecule has 4 nitrogen and oxygen atoms in total. The molecule has 1 aromatic rings. The second-order valence-corrected chi connectivity index (χ2v) is 13.8. The molecule has 0 aliphatic heterocycles. The number of benzene rings is 1. The lowest BCUT2D eigenvalue weighted by molar-refractivity contribution is 0.0321. The van der Waals surface area contributed by atoms with Gasteiger partial charge >= 0.3 is 0 Å². The summed E-state index contributed by atoms with van der Waals surface area (Å²) in [6, 6.07) is 9.77. The van der Waals surface area contributed by atoms with Crippen molar-refractivity contribution in [2.75, 3.05) is 19.6 Å². The Kier molecular flexibility index (Phi) is 28.7. The van der Waals surface area contributed by atoms with E-state index >= 15 is 0 Å². The number of rotatable bonds is 33. The van der Waals surface area contributed by atoms with Gasteiger partial charge in [0.2, 0.25) is 0 Å². The number of hydrogen-bond donors (Lipinski definition) is 3. The van der Waals surface area contributed by atoms with E-state index in [-0.39, 0.29) is 0 Å². The minimum atomic E-state index is -0.617. The molecule has 3 unspecified atom stereocenters. The molecule has 0 amide bonds. The lowest BCUT2D eigenvalue weighted by Gasteiger charge is -2.29. The third-order valence-electron chi connectivity index (χ3n) is 9.34. The highest BCUT2D eigenvalue weighted by Gasteiger charge is 2.19. The molecule has 258 valence electrons. The van der Waals surface area contributed by atoms with E-state index in [9.17, 15) is 15.3 Å². The minimum Gasteiger partial charge on any atom is -0.392 e. The minimum absolute atomic E-state index is 0.417. The van der Waals surface area contributed by atoms with Crippen molar-refractivity contribution in [2.24, 2.45) is 0 Å². The van der Waals surface area contributed by atoms with E-state index in [1.54, 1.807) is 0 Å². The zero-order chi connectivity index (χ0) is 31.9. The van der Waals surface area contributed by atoms with Crippen molar-refractivity contribution in [3.8, 4) is 0 Å². The molecule has 3 atom stereocenters. The summed E-state index contributed by atoms with van der Waals surface area (Å²) in [5.74, 6) is 0. The van der Waals surface area contributed by atoms with E-state index in [2.05, 4.69) is 18.7 Å². The average Bonchev–Trinajstić information content (AvgIpc) is 3.02. The van der Waals surface area contributed by atoms with Crippen LogP contribution in [0.25, 0.3) is 0 Å². The largest absolute Gasteiger partial charge is 0.392 e. The van der Waals surface area contributed by atoms with Gasteiger partial charge in [-0.2, -0.15) is 0 Å². The molecule has 0 aliphatic carbocycles. The van der Waals surface area contributed by atoms with Crippen molar-refractivity contribution in [1.29, 1.82) is 0 Å². The summed E-state index contributed by atoms with van der Waals surface area (Å²) < 4.78 is 0. The van der Waals surface area contributed by atoms with Gasteiger partial charge < -0.3 is 15.3 Å². The van der Waals surface area contributed by atoms with Crippen LogP contribution >= 0.6 is 0 Å². The van der Waals surface area contributed by atoms with Gasteiger partial charge in [0.25, 0.3) is 0 Å². The Balaban J connectivity index is 2.26. The molecule has 1 rings (SSSR count). The Morgan fingerprint density at radius 1 is 0.432 bits per heavy atom. The third-order valence-corrected chi connectivity index (χ3v) is 9.34. The number of aliphatic hydroxyl groups is 3. The van der Waals surface area contributed by atoms with Gasteiger partial charge in [0.1, 0.15) is 0 Å². The lowest BCUT2D eigenvalue weighted by atomic mass is 10.0. The van der Waals surface area contributed by atoms with Crippen molar-refractivity contribution in [3.63, 3.8) is 0 Å². The first-order valence-corrected chi connectivity index (χ1v) is 19.4. The molecule has 0 fully saturated rings. The van der Waals surface area contributed by atoms with Crippen molar-refractivity contribution >= 4 is 0 Å². The molecule has 0 bridgehead atoms. The van der Waals surface area contributed by atoms with Crippen LogP contribution in [0.15, 0.2) is 30.3 Å². The van der Waals surface area contributed by atoms with Crippen LogP contribution in [0.3, 0.4) is 0 Å². The summed E-state index contributed by atoms with van der Waals surface area (Å²) in [4.78, 5) is 2.09. The molecule has 0 heterocycles. The highest BCUT2D eigenvalue weighted by Crippen LogP contribution is 2.18. The SMILES string of the molecule is CCCCCCCCCCCCCCC(O)CN(CC(O)CCCCCCCCCCCCCC)CC(O)c1ccccc1. The third kappa shape index (κ3) is 25.3. The zero-order valence-electron chi connectivity index (χ0n) is 29.4. The van der Waals surface area contributed by atoms with E-state index < -0.39 is 18.3 Å². The van der Waals surface area contributed by atoms with E-state index in [1.165, 1.54) is 141 Å². The standard InChI is InChI=1S/C40H75NO3/c1-3-5-7-9-11-13-15-17-19-21-23-28-32-38(42)34-41(36-40(44)37-30-26-25-27-31-37)35-39(43)33-29-24-22-20-18-16-14-12-10-8-6-4-2/h25-27,30-31,38-40,42-44H,3-24,28-29,32-36H2,1-2H3. The first-order valence-electron chi connectivity index (χ1n) is 19.4. The van der Waals surface area contributed by atoms with Crippen molar-refractivity contribution < 1.29 is 15.3 Å². The topological polar surface area (TPSA) is 63.9 Å². The Bertz CT molecular complexity index is 663. The Hall–Kier alpha value is -0.940. The molecular weight excluding hydrogens is 542 g/mol. The van der Waals surface area contributed by atoms with Crippen LogP contribution in [-0.4, -0.2) is 52.1 Å². The van der Waals surface area contributed by atoms with Gasteiger partial charge in [-0.1, -0.05) is 198 Å². The number of unbranched alkanes of at least 4 members (excludes halogenated alkanes) is 22. The molecule has 0 aromatic heterocycles. The fourth-order valence-corrected chi connectivity index (χ4v) is 6.47. The van der Waals surface area contributed by atoms with Gasteiger partial charge in [0.05, 0.1) is 18.3 Å². The van der Waals surface area contributed by atoms with Gasteiger partial charge in [0, 0.05) is 19.6 Å². The highest BCUT2D eigenvalue weighted by atomic mass is 16.3. The van der Waals surface area contributed by atoms with Gasteiger partial charge in [-0.25, -0.2) is 0 Å². The number of nitrogens with zero attached hydrogens (tertiary/aromatic N) is 1. The number of aliphatic hydroxyl groups excluding tert-OH is 3. The zero-order valence-corrected chi connectivity index (χ0v) is 29.4. The van der Waals surface area contributed by atoms with Crippen LogP contribution in [0.1, 0.15) is 192 Å². The normalized spacial score (nSPS) is 13.9. The van der Waals surface area contributed by atoms with E-state index in [1.807, 2.05) is 30.3 Å². The fourth-order valence-electron chi connectivity index (χ4n) is 6.47. The highest BCUT2D eigenvalue weighted by molar-refractivity contribution is 5.17. The van der Waals surface area contributed by atoms with Crippen molar-refractivity contribution in [1.82, 2.24) is 4.90 Å². The molecule has 4 heteroatoms. The van der Waals surface area contributed by atoms with Crippen LogP contribution in [0, 0.1) is 0 Å². The molecule has 1 aromatic carbocycles. The fraction of sp³-hybridized carbons (Fsp3) is 0.850. The number of hydrogen-bond acceptors (Lipinski definition) is 4. The maximum Gasteiger partial charge on any atom is 0.0916 e. The van der Waals surface area contributed by atoms with Gasteiger partial charge in [-0.3, -0.25) is 4.90 Å². The first-order chi connectivity index (χ1) is 21.6. The van der Waals surface area contributed by atoms with E-state index in [4.69, 9.17) is 0 Å². The predicted octanol–water partition coefficient (Wildman–Crippen LogP) is 10.9. The molecule has 0 saturated carbocycles. The Morgan fingerprint density at radius 3 is 1.09 bits per heavy atom. The van der Waals surface area contributed by atoms with Crippen LogP contribution in [-0.2, 0) is 0 Å². The molecule has 0 spiro atoms. The maximum atomic E-state index is 10.9. The van der Waals surface area contributed by atoms with Crippen LogP contribution in [0.2, 0.25) is 0 Å². The van der Waals surface area contributed by atoms with Gasteiger partial charge in [-0.15, -0.1) is 0 Å². The second-order valence-electron chi connectivity index (χ2n) is 13.8. The van der Waals surface area contributed by atoms with Gasteiger partial charge in [-0.05, 0) is 18.4 Å². The maximum absolute atomic E-state index is 10.9. The van der Waals surface area contributed by atoms with Gasteiger partial charge in [0.15, 0.2) is 0 Å². The van der Waals surface area contributed by atoms with Crippen LogP contribution < -0.4 is 0 Å². The van der Waals surface area contributed by atoms with Crippen molar-refractivity contribution in [2.45, 2.75) is 199 Å². The Morgan fingerprint density at radius 2 is 0.750 bits per heavy atom. The predicted molar refractivity (Wildman–Crippen MR) is 191 cm³/mol. The second kappa shape index (κ2) is 30.7. The molecule has 44 heavy (non-hydrogen) atoms. The average molecular weight is 618 g/mol. The Labute approximate surface area is 274 Å². The molecule has 3 N–H and O–H groups in total. The van der Waals surface area contributed by atoms with E-state index in [0.717, 1.165) is 31.2 Å². The smallest absolute Gasteiger partial charge is 0.0916 e. The van der Waals surface area contributed by atoms with Crippen LogP contribution in [0.4, 0.5) is 0 Å². The molecule has 0 saturated heterocycles.